The second kappa shape index (κ2) is 12.9. The zero-order valence-corrected chi connectivity index (χ0v) is 21.9. The van der Waals surface area contributed by atoms with Gasteiger partial charge in [0.1, 0.15) is 11.6 Å². The van der Waals surface area contributed by atoms with E-state index in [1.165, 1.54) is 17.7 Å². The van der Waals surface area contributed by atoms with Gasteiger partial charge in [-0.05, 0) is 68.1 Å². The number of nitrogens with one attached hydrogen (secondary N) is 1. The highest BCUT2D eigenvalue weighted by Crippen LogP contribution is 2.17. The van der Waals surface area contributed by atoms with Gasteiger partial charge in [0.25, 0.3) is 11.8 Å². The molecule has 2 aromatic heterocycles. The molecule has 198 valence electrons. The van der Waals surface area contributed by atoms with Crippen LogP contribution in [0.3, 0.4) is 0 Å². The number of carbonyl (C=O) groups is 2. The Balaban J connectivity index is 1.36. The van der Waals surface area contributed by atoms with Crippen LogP contribution >= 0.6 is 0 Å². The van der Waals surface area contributed by atoms with E-state index in [9.17, 15) is 14.0 Å². The van der Waals surface area contributed by atoms with Crippen LogP contribution < -0.4 is 5.32 Å². The van der Waals surface area contributed by atoms with E-state index in [1.807, 2.05) is 54.9 Å². The molecular formula is C31H34FN3O3. The number of hydrogen-bond acceptors (Lipinski definition) is 3. The van der Waals surface area contributed by atoms with Crippen LogP contribution in [-0.4, -0.2) is 33.9 Å². The number of benzene rings is 2. The van der Waals surface area contributed by atoms with Crippen LogP contribution in [0.15, 0.2) is 89.5 Å². The van der Waals surface area contributed by atoms with Gasteiger partial charge in [-0.1, -0.05) is 49.4 Å². The highest BCUT2D eigenvalue weighted by Gasteiger charge is 2.20. The zero-order chi connectivity index (χ0) is 26.9. The molecule has 0 aliphatic heterocycles. The number of aryl methyl sites for hydroxylation is 1. The van der Waals surface area contributed by atoms with E-state index in [2.05, 4.69) is 17.4 Å². The van der Waals surface area contributed by atoms with Crippen LogP contribution in [0, 0.1) is 5.82 Å². The SMILES string of the molecule is CCCN(Cc1cccn1Cc1ccc(C(=O)NC(C)CCc2ccccc2)o1)C(=O)c1ccccc1F. The summed E-state index contributed by atoms with van der Waals surface area (Å²) in [7, 11) is 0. The molecule has 2 aromatic carbocycles. The minimum Gasteiger partial charge on any atom is -0.454 e. The summed E-state index contributed by atoms with van der Waals surface area (Å²) in [6, 6.07) is 23.6. The van der Waals surface area contributed by atoms with Crippen LogP contribution in [0.5, 0.6) is 0 Å². The lowest BCUT2D eigenvalue weighted by Crippen LogP contribution is -2.32. The van der Waals surface area contributed by atoms with Gasteiger partial charge >= 0.3 is 0 Å². The normalized spacial score (nSPS) is 11.8. The number of carbonyl (C=O) groups excluding carboxylic acids is 2. The zero-order valence-electron chi connectivity index (χ0n) is 21.9. The molecule has 0 aliphatic rings. The van der Waals surface area contributed by atoms with Crippen LogP contribution in [0.4, 0.5) is 4.39 Å². The average molecular weight is 516 g/mol. The lowest BCUT2D eigenvalue weighted by Gasteiger charge is -2.23. The third-order valence-corrected chi connectivity index (χ3v) is 6.46. The number of furan rings is 1. The molecule has 0 aliphatic carbocycles. The standard InChI is InChI=1S/C31H34FN3O3/c1-3-19-35(31(37)27-13-7-8-14-28(27)32)21-25-12-9-20-34(25)22-26-17-18-29(38-26)30(36)33-23(2)15-16-24-10-5-4-6-11-24/h4-14,17-18,20,23H,3,15-16,19,21-22H2,1-2H3,(H,33,36). The molecule has 0 saturated carbocycles. The monoisotopic (exact) mass is 515 g/mol. The highest BCUT2D eigenvalue weighted by molar-refractivity contribution is 5.94. The van der Waals surface area contributed by atoms with Crippen molar-refractivity contribution in [1.29, 1.82) is 0 Å². The Morgan fingerprint density at radius 3 is 2.53 bits per heavy atom. The molecule has 6 nitrogen and oxygen atoms in total. The average Bonchev–Trinajstić information content (AvgIpc) is 3.57. The molecule has 1 unspecified atom stereocenters. The number of aromatic nitrogens is 1. The molecule has 2 amide bonds. The predicted molar refractivity (Wildman–Crippen MR) is 145 cm³/mol. The van der Waals surface area contributed by atoms with Crippen molar-refractivity contribution < 1.29 is 18.4 Å². The maximum Gasteiger partial charge on any atom is 0.287 e. The summed E-state index contributed by atoms with van der Waals surface area (Å²) in [5.74, 6) is -0.204. The summed E-state index contributed by atoms with van der Waals surface area (Å²) in [6.07, 6.45) is 4.37. The lowest BCUT2D eigenvalue weighted by molar-refractivity contribution is 0.0734. The quantitative estimate of drug-likeness (QED) is 0.249. The van der Waals surface area contributed by atoms with Gasteiger partial charge in [0.2, 0.25) is 0 Å². The molecule has 0 bridgehead atoms. The van der Waals surface area contributed by atoms with E-state index in [0.29, 0.717) is 25.4 Å². The van der Waals surface area contributed by atoms with E-state index in [1.54, 1.807) is 29.2 Å². The van der Waals surface area contributed by atoms with Gasteiger partial charge in [-0.2, -0.15) is 0 Å². The van der Waals surface area contributed by atoms with Crippen molar-refractivity contribution in [3.63, 3.8) is 0 Å². The predicted octanol–water partition coefficient (Wildman–Crippen LogP) is 6.07. The minimum atomic E-state index is -0.523. The molecule has 38 heavy (non-hydrogen) atoms. The van der Waals surface area contributed by atoms with Crippen LogP contribution in [0.1, 0.15) is 64.6 Å². The molecule has 0 spiro atoms. The van der Waals surface area contributed by atoms with Gasteiger partial charge in [0.05, 0.1) is 18.7 Å². The Hall–Kier alpha value is -4.13. The van der Waals surface area contributed by atoms with Gasteiger partial charge in [-0.25, -0.2) is 4.39 Å². The lowest BCUT2D eigenvalue weighted by atomic mass is 10.1. The van der Waals surface area contributed by atoms with Crippen LogP contribution in [-0.2, 0) is 19.5 Å². The largest absolute Gasteiger partial charge is 0.454 e. The smallest absolute Gasteiger partial charge is 0.287 e. The Bertz CT molecular complexity index is 1350. The molecule has 4 aromatic rings. The Morgan fingerprint density at radius 2 is 1.76 bits per heavy atom. The first-order chi connectivity index (χ1) is 18.4. The van der Waals surface area contributed by atoms with Crippen molar-refractivity contribution >= 4 is 11.8 Å². The number of nitrogens with zero attached hydrogens (tertiary/aromatic N) is 2. The van der Waals surface area contributed by atoms with Crippen LogP contribution in [0.2, 0.25) is 0 Å². The summed E-state index contributed by atoms with van der Waals surface area (Å²) in [4.78, 5) is 27.4. The molecule has 0 saturated heterocycles. The van der Waals surface area contributed by atoms with Crippen molar-refractivity contribution in [2.45, 2.75) is 52.2 Å². The maximum atomic E-state index is 14.3. The molecule has 4 rings (SSSR count). The Kier molecular flexibility index (Phi) is 9.14. The van der Waals surface area contributed by atoms with Gasteiger partial charge in [-0.15, -0.1) is 0 Å². The summed E-state index contributed by atoms with van der Waals surface area (Å²) >= 11 is 0. The highest BCUT2D eigenvalue weighted by atomic mass is 19.1. The topological polar surface area (TPSA) is 67.5 Å². The first-order valence-electron chi connectivity index (χ1n) is 13.1. The van der Waals surface area contributed by atoms with Crippen molar-refractivity contribution in [2.24, 2.45) is 0 Å². The van der Waals surface area contributed by atoms with E-state index >= 15 is 0 Å². The third-order valence-electron chi connectivity index (χ3n) is 6.46. The minimum absolute atomic E-state index is 0.00356. The number of hydrogen-bond donors (Lipinski definition) is 1. The maximum absolute atomic E-state index is 14.3. The summed E-state index contributed by atoms with van der Waals surface area (Å²) in [6.45, 7) is 5.22. The fraction of sp³-hybridized carbons (Fsp3) is 0.290. The second-order valence-electron chi connectivity index (χ2n) is 9.50. The van der Waals surface area contributed by atoms with Gasteiger partial charge in [-0.3, -0.25) is 9.59 Å². The van der Waals surface area contributed by atoms with E-state index in [0.717, 1.165) is 25.0 Å². The van der Waals surface area contributed by atoms with Crippen molar-refractivity contribution in [3.05, 3.63) is 119 Å². The van der Waals surface area contributed by atoms with Gasteiger partial charge < -0.3 is 19.2 Å². The molecule has 7 heteroatoms. The number of rotatable bonds is 12. The van der Waals surface area contributed by atoms with E-state index < -0.39 is 5.82 Å². The fourth-order valence-electron chi connectivity index (χ4n) is 4.42. The first kappa shape index (κ1) is 26.9. The first-order valence-corrected chi connectivity index (χ1v) is 13.1. The van der Waals surface area contributed by atoms with Crippen LogP contribution in [0.25, 0.3) is 0 Å². The molecule has 1 N–H and O–H groups in total. The number of halogens is 1. The molecule has 0 radical (unpaired) electrons. The molecular weight excluding hydrogens is 481 g/mol. The third kappa shape index (κ3) is 7.00. The van der Waals surface area contributed by atoms with E-state index in [-0.39, 0.29) is 29.2 Å². The molecule has 0 fully saturated rings. The van der Waals surface area contributed by atoms with Gasteiger partial charge in [0.15, 0.2) is 5.76 Å². The summed E-state index contributed by atoms with van der Waals surface area (Å²) in [5.41, 5.74) is 2.20. The van der Waals surface area contributed by atoms with Crippen molar-refractivity contribution in [3.8, 4) is 0 Å². The number of amides is 2. The molecule has 1 atom stereocenters. The van der Waals surface area contributed by atoms with E-state index in [4.69, 9.17) is 4.42 Å². The second-order valence-corrected chi connectivity index (χ2v) is 9.50. The van der Waals surface area contributed by atoms with Crippen molar-refractivity contribution in [2.75, 3.05) is 6.54 Å². The summed E-state index contributed by atoms with van der Waals surface area (Å²) < 4.78 is 22.1. The van der Waals surface area contributed by atoms with Gasteiger partial charge in [0, 0.05) is 24.5 Å². The molecule has 2 heterocycles. The Morgan fingerprint density at radius 1 is 1.00 bits per heavy atom. The summed E-state index contributed by atoms with van der Waals surface area (Å²) in [5, 5.41) is 3.01. The fourth-order valence-corrected chi connectivity index (χ4v) is 4.42. The van der Waals surface area contributed by atoms with Crippen molar-refractivity contribution in [1.82, 2.24) is 14.8 Å². The Labute approximate surface area is 223 Å².